The molecular formula is C24H39NO3. The van der Waals surface area contributed by atoms with Crippen molar-refractivity contribution in [2.24, 2.45) is 45.4 Å². The van der Waals surface area contributed by atoms with Crippen LogP contribution in [0.5, 0.6) is 0 Å². The average Bonchev–Trinajstić information content (AvgIpc) is 3.31. The standard InChI is InChI=1S/C24H39NO3/c1-16-6-9-22(2,17(13-16)14-26)19-7-10-23(3)20(18(19)15-27)8-11-24(23,28)21-5-4-12-25-21/h4,12,16-20,26-28H,5-11,13-15H2,1-3H3/t16-,17+,18+,19?,20?,22-,23-,24+/m0/s1. The summed E-state index contributed by atoms with van der Waals surface area (Å²) in [4.78, 5) is 4.52. The lowest BCUT2D eigenvalue weighted by atomic mass is 9.48. The summed E-state index contributed by atoms with van der Waals surface area (Å²) in [5, 5.41) is 32.5. The van der Waals surface area contributed by atoms with Crippen LogP contribution in [-0.4, -0.2) is 39.8 Å². The fraction of sp³-hybridized carbons (Fsp3) is 0.875. The molecule has 1 heterocycles. The van der Waals surface area contributed by atoms with E-state index in [4.69, 9.17) is 0 Å². The lowest BCUT2D eigenvalue weighted by Gasteiger charge is -2.58. The van der Waals surface area contributed by atoms with E-state index in [2.05, 4.69) is 25.8 Å². The number of hydrogen-bond acceptors (Lipinski definition) is 4. The maximum absolute atomic E-state index is 11.8. The Kier molecular flexibility index (Phi) is 5.29. The van der Waals surface area contributed by atoms with Crippen molar-refractivity contribution in [1.29, 1.82) is 0 Å². The number of fused-ring (bicyclic) bond motifs is 1. The van der Waals surface area contributed by atoms with Crippen molar-refractivity contribution in [2.75, 3.05) is 13.2 Å². The van der Waals surface area contributed by atoms with Crippen LogP contribution in [0.3, 0.4) is 0 Å². The maximum Gasteiger partial charge on any atom is 0.109 e. The van der Waals surface area contributed by atoms with Crippen molar-refractivity contribution in [2.45, 2.75) is 77.7 Å². The second-order valence-corrected chi connectivity index (χ2v) is 10.8. The molecule has 4 rings (SSSR count). The van der Waals surface area contributed by atoms with Gasteiger partial charge in [0.1, 0.15) is 5.60 Å². The minimum absolute atomic E-state index is 0.0864. The smallest absolute Gasteiger partial charge is 0.109 e. The molecule has 0 radical (unpaired) electrons. The number of aliphatic hydroxyl groups is 3. The second-order valence-electron chi connectivity index (χ2n) is 10.8. The number of hydrogen-bond donors (Lipinski definition) is 3. The first kappa shape index (κ1) is 20.6. The van der Waals surface area contributed by atoms with Gasteiger partial charge in [-0.3, -0.25) is 4.99 Å². The molecule has 0 aromatic heterocycles. The molecule has 1 aliphatic heterocycles. The Morgan fingerprint density at radius 2 is 1.79 bits per heavy atom. The van der Waals surface area contributed by atoms with E-state index in [1.54, 1.807) is 0 Å². The average molecular weight is 390 g/mol. The Labute approximate surface area is 170 Å². The van der Waals surface area contributed by atoms with Crippen molar-refractivity contribution < 1.29 is 15.3 Å². The molecule has 0 aromatic rings. The SMILES string of the molecule is C[C@H]1CC[C@](C)(C2CC[C@@]3(C)C(CC[C@@]3(O)C3=NC=CC3)[C@@H]2CO)[C@@H](CO)C1. The van der Waals surface area contributed by atoms with Crippen LogP contribution >= 0.6 is 0 Å². The molecule has 2 unspecified atom stereocenters. The largest absolute Gasteiger partial charge is 0.396 e. The molecule has 4 nitrogen and oxygen atoms in total. The summed E-state index contributed by atoms with van der Waals surface area (Å²) in [7, 11) is 0. The van der Waals surface area contributed by atoms with E-state index < -0.39 is 5.60 Å². The third-order valence-corrected chi connectivity index (χ3v) is 9.79. The highest BCUT2D eigenvalue weighted by atomic mass is 16.3. The molecule has 0 aromatic carbocycles. The molecule has 158 valence electrons. The molecule has 4 aliphatic rings. The number of allylic oxidation sites excluding steroid dienone is 1. The van der Waals surface area contributed by atoms with E-state index in [9.17, 15) is 15.3 Å². The molecule has 3 N–H and O–H groups in total. The van der Waals surface area contributed by atoms with E-state index >= 15 is 0 Å². The Bertz CT molecular complexity index is 660. The van der Waals surface area contributed by atoms with Gasteiger partial charge in [-0.25, -0.2) is 0 Å². The van der Waals surface area contributed by atoms with E-state index in [1.807, 2.05) is 12.3 Å². The highest BCUT2D eigenvalue weighted by molar-refractivity contribution is 5.96. The Morgan fingerprint density at radius 1 is 1.04 bits per heavy atom. The fourth-order valence-corrected chi connectivity index (χ4v) is 7.89. The van der Waals surface area contributed by atoms with E-state index in [0.29, 0.717) is 23.7 Å². The molecule has 28 heavy (non-hydrogen) atoms. The van der Waals surface area contributed by atoms with Gasteiger partial charge in [0.2, 0.25) is 0 Å². The summed E-state index contributed by atoms with van der Waals surface area (Å²) in [6.45, 7) is 7.37. The van der Waals surface area contributed by atoms with Crippen molar-refractivity contribution >= 4 is 5.71 Å². The van der Waals surface area contributed by atoms with Crippen molar-refractivity contribution in [1.82, 2.24) is 0 Å². The van der Waals surface area contributed by atoms with Crippen molar-refractivity contribution in [3.05, 3.63) is 12.3 Å². The van der Waals surface area contributed by atoms with E-state index in [1.165, 1.54) is 6.42 Å². The zero-order valence-corrected chi connectivity index (χ0v) is 17.9. The summed E-state index contributed by atoms with van der Waals surface area (Å²) >= 11 is 0. The highest BCUT2D eigenvalue weighted by Crippen LogP contribution is 2.65. The summed E-state index contributed by atoms with van der Waals surface area (Å²) < 4.78 is 0. The minimum Gasteiger partial charge on any atom is -0.396 e. The molecule has 0 amide bonds. The topological polar surface area (TPSA) is 73.1 Å². The van der Waals surface area contributed by atoms with Gasteiger partial charge in [-0.15, -0.1) is 0 Å². The molecule has 0 bridgehead atoms. The minimum atomic E-state index is -0.835. The van der Waals surface area contributed by atoms with E-state index in [-0.39, 0.29) is 30.0 Å². The van der Waals surface area contributed by atoms with Crippen LogP contribution < -0.4 is 0 Å². The van der Waals surface area contributed by atoms with Crippen LogP contribution in [0.4, 0.5) is 0 Å². The number of aliphatic hydroxyl groups excluding tert-OH is 2. The second kappa shape index (κ2) is 7.21. The normalized spacial score (nSPS) is 51.2. The van der Waals surface area contributed by atoms with Gasteiger partial charge in [-0.05, 0) is 73.5 Å². The molecule has 3 fully saturated rings. The van der Waals surface area contributed by atoms with Crippen LogP contribution in [-0.2, 0) is 0 Å². The van der Waals surface area contributed by atoms with Crippen molar-refractivity contribution in [3.63, 3.8) is 0 Å². The van der Waals surface area contributed by atoms with Gasteiger partial charge in [0.15, 0.2) is 0 Å². The van der Waals surface area contributed by atoms with Crippen LogP contribution in [0, 0.1) is 40.4 Å². The summed E-state index contributed by atoms with van der Waals surface area (Å²) in [6, 6.07) is 0. The first-order valence-corrected chi connectivity index (χ1v) is 11.5. The Morgan fingerprint density at radius 3 is 2.43 bits per heavy atom. The lowest BCUT2D eigenvalue weighted by Crippen LogP contribution is -2.57. The Balaban J connectivity index is 1.64. The number of rotatable bonds is 4. The Hall–Kier alpha value is -0.710. The quantitative estimate of drug-likeness (QED) is 0.682. The molecular weight excluding hydrogens is 350 g/mol. The summed E-state index contributed by atoms with van der Waals surface area (Å²) in [6.07, 6.45) is 11.8. The number of aliphatic imine (C=N–C) groups is 1. The van der Waals surface area contributed by atoms with Crippen LogP contribution in [0.2, 0.25) is 0 Å². The highest BCUT2D eigenvalue weighted by Gasteiger charge is 2.64. The molecule has 3 aliphatic carbocycles. The first-order chi connectivity index (χ1) is 13.3. The zero-order chi connectivity index (χ0) is 20.2. The predicted octanol–water partition coefficient (Wildman–Crippen LogP) is 3.95. The van der Waals surface area contributed by atoms with Gasteiger partial charge in [0.05, 0.1) is 5.71 Å². The predicted molar refractivity (Wildman–Crippen MR) is 112 cm³/mol. The van der Waals surface area contributed by atoms with Gasteiger partial charge in [0.25, 0.3) is 0 Å². The van der Waals surface area contributed by atoms with Crippen molar-refractivity contribution in [3.8, 4) is 0 Å². The maximum atomic E-state index is 11.8. The van der Waals surface area contributed by atoms with Crippen LogP contribution in [0.25, 0.3) is 0 Å². The van der Waals surface area contributed by atoms with Crippen LogP contribution in [0.15, 0.2) is 17.3 Å². The summed E-state index contributed by atoms with van der Waals surface area (Å²) in [5.41, 5.74) is -0.0332. The molecule has 3 saturated carbocycles. The van der Waals surface area contributed by atoms with Gasteiger partial charge in [-0.2, -0.15) is 0 Å². The van der Waals surface area contributed by atoms with Gasteiger partial charge < -0.3 is 15.3 Å². The molecule has 0 saturated heterocycles. The molecule has 0 spiro atoms. The number of nitrogens with zero attached hydrogens (tertiary/aromatic N) is 1. The van der Waals surface area contributed by atoms with Gasteiger partial charge in [-0.1, -0.05) is 33.3 Å². The van der Waals surface area contributed by atoms with Gasteiger partial charge in [0, 0.05) is 31.2 Å². The van der Waals surface area contributed by atoms with Crippen LogP contribution in [0.1, 0.15) is 72.1 Å². The molecule has 8 atom stereocenters. The zero-order valence-electron chi connectivity index (χ0n) is 17.9. The fourth-order valence-electron chi connectivity index (χ4n) is 7.89. The molecule has 4 heteroatoms. The van der Waals surface area contributed by atoms with Gasteiger partial charge >= 0.3 is 0 Å². The first-order valence-electron chi connectivity index (χ1n) is 11.5. The summed E-state index contributed by atoms with van der Waals surface area (Å²) in [5.74, 6) is 1.95. The third-order valence-electron chi connectivity index (χ3n) is 9.79. The monoisotopic (exact) mass is 389 g/mol. The lowest BCUT2D eigenvalue weighted by molar-refractivity contribution is -0.127. The third kappa shape index (κ3) is 2.78. The van der Waals surface area contributed by atoms with E-state index in [0.717, 1.165) is 50.7 Å².